The lowest BCUT2D eigenvalue weighted by Crippen LogP contribution is -2.33. The van der Waals surface area contributed by atoms with Crippen LogP contribution in [0.1, 0.15) is 33.6 Å². The lowest BCUT2D eigenvalue weighted by Gasteiger charge is -2.32. The Balaban J connectivity index is 2.05. The maximum absolute atomic E-state index is 11.6. The van der Waals surface area contributed by atoms with E-state index >= 15 is 0 Å². The van der Waals surface area contributed by atoms with E-state index in [4.69, 9.17) is 9.68 Å². The minimum absolute atomic E-state index is 0.0655. The van der Waals surface area contributed by atoms with Crippen LogP contribution in [0, 0.1) is 11.3 Å². The van der Waals surface area contributed by atoms with Crippen molar-refractivity contribution in [3.05, 3.63) is 24.1 Å². The topological polar surface area (TPSA) is 38.8 Å². The van der Waals surface area contributed by atoms with E-state index in [0.717, 1.165) is 18.5 Å². The lowest BCUT2D eigenvalue weighted by molar-refractivity contribution is -0.306. The molecule has 0 N–H and O–H groups in total. The quantitative estimate of drug-likeness (QED) is 0.721. The number of nitrogens with zero attached hydrogens (tertiary/aromatic N) is 1. The highest BCUT2D eigenvalue weighted by Gasteiger charge is 2.36. The van der Waals surface area contributed by atoms with Gasteiger partial charge in [-0.3, -0.25) is 0 Å². The molecule has 0 unspecified atom stereocenters. The van der Waals surface area contributed by atoms with Gasteiger partial charge in [-0.1, -0.05) is 20.8 Å². The van der Waals surface area contributed by atoms with Gasteiger partial charge in [0.05, 0.1) is 5.92 Å². The summed E-state index contributed by atoms with van der Waals surface area (Å²) in [5, 5.41) is 1.22. The maximum Gasteiger partial charge on any atom is 0.339 e. The second kappa shape index (κ2) is 3.85. The average Bonchev–Trinajstić information content (AvgIpc) is 2.99. The fraction of sp³-hybridized carbons (Fsp3) is 0.583. The molecule has 0 bridgehead atoms. The zero-order chi connectivity index (χ0) is 11.8. The van der Waals surface area contributed by atoms with Crippen LogP contribution in [-0.2, 0) is 14.5 Å². The Morgan fingerprint density at radius 3 is 2.75 bits per heavy atom. The van der Waals surface area contributed by atoms with Gasteiger partial charge in [-0.25, -0.2) is 4.79 Å². The van der Waals surface area contributed by atoms with Crippen molar-refractivity contribution in [2.45, 2.75) is 33.6 Å². The molecule has 1 fully saturated rings. The Hall–Kier alpha value is -1.45. The smallest absolute Gasteiger partial charge is 0.339 e. The van der Waals surface area contributed by atoms with E-state index in [2.05, 4.69) is 0 Å². The summed E-state index contributed by atoms with van der Waals surface area (Å²) in [5.41, 5.74) is 0.707. The number of hydroxylamine groups is 2. The van der Waals surface area contributed by atoms with Gasteiger partial charge in [-0.05, 0) is 30.2 Å². The second-order valence-electron chi connectivity index (χ2n) is 5.18. The Kier molecular flexibility index (Phi) is 2.66. The van der Waals surface area contributed by atoms with Gasteiger partial charge in [0, 0.05) is 5.41 Å². The van der Waals surface area contributed by atoms with Crippen LogP contribution in [0.4, 0.5) is 0 Å². The molecule has 4 heteroatoms. The lowest BCUT2D eigenvalue weighted by atomic mass is 9.92. The van der Waals surface area contributed by atoms with Crippen LogP contribution in [0.5, 0.6) is 0 Å². The molecule has 1 saturated carbocycles. The predicted molar refractivity (Wildman–Crippen MR) is 58.4 cm³/mol. The molecular weight excluding hydrogens is 206 g/mol. The van der Waals surface area contributed by atoms with Crippen LogP contribution < -0.4 is 0 Å². The summed E-state index contributed by atoms with van der Waals surface area (Å²) < 4.78 is 0. The fourth-order valence-electron chi connectivity index (χ4n) is 1.41. The highest BCUT2D eigenvalue weighted by atomic mass is 17.0. The van der Waals surface area contributed by atoms with Gasteiger partial charge in [-0.15, -0.1) is 0 Å². The maximum atomic E-state index is 11.6. The standard InChI is InChI=1S/C12H17NO3/c1-12(2,3)10-5-4-8-15-13(10)16-11(14)9-6-7-9/h4-5,8-9H,6-7H2,1-3H3. The molecule has 2 rings (SSSR count). The first-order valence-corrected chi connectivity index (χ1v) is 5.54. The first-order chi connectivity index (χ1) is 7.48. The molecule has 0 aromatic carbocycles. The zero-order valence-corrected chi connectivity index (χ0v) is 9.90. The van der Waals surface area contributed by atoms with E-state index in [1.807, 2.05) is 26.8 Å². The molecule has 2 aliphatic rings. The Morgan fingerprint density at radius 2 is 2.19 bits per heavy atom. The Bertz CT molecular complexity index is 348. The minimum Gasteiger partial charge on any atom is -0.353 e. The first-order valence-electron chi connectivity index (χ1n) is 5.54. The van der Waals surface area contributed by atoms with Gasteiger partial charge in [0.25, 0.3) is 0 Å². The molecule has 0 aromatic rings. The summed E-state index contributed by atoms with van der Waals surface area (Å²) >= 11 is 0. The van der Waals surface area contributed by atoms with Gasteiger partial charge in [0.2, 0.25) is 0 Å². The van der Waals surface area contributed by atoms with Crippen molar-refractivity contribution < 1.29 is 14.5 Å². The summed E-state index contributed by atoms with van der Waals surface area (Å²) in [4.78, 5) is 22.0. The molecule has 0 aromatic heterocycles. The monoisotopic (exact) mass is 223 g/mol. The van der Waals surface area contributed by atoms with Gasteiger partial charge in [0.15, 0.2) is 0 Å². The van der Waals surface area contributed by atoms with E-state index in [-0.39, 0.29) is 17.3 Å². The zero-order valence-electron chi connectivity index (χ0n) is 9.90. The van der Waals surface area contributed by atoms with Crippen LogP contribution in [-0.4, -0.2) is 11.2 Å². The number of carbonyl (C=O) groups is 1. The first kappa shape index (κ1) is 11.0. The van der Waals surface area contributed by atoms with E-state index in [9.17, 15) is 4.79 Å². The SMILES string of the molecule is CC(C)(C)C1=CC=CON1OC(=O)C1CC1. The van der Waals surface area contributed by atoms with Gasteiger partial charge in [0.1, 0.15) is 12.0 Å². The van der Waals surface area contributed by atoms with Gasteiger partial charge < -0.3 is 9.68 Å². The van der Waals surface area contributed by atoms with Gasteiger partial charge >= 0.3 is 5.97 Å². The number of carbonyl (C=O) groups excluding carboxylic acids is 1. The van der Waals surface area contributed by atoms with Crippen molar-refractivity contribution in [2.75, 3.05) is 0 Å². The molecule has 16 heavy (non-hydrogen) atoms. The van der Waals surface area contributed by atoms with Crippen LogP contribution in [0.3, 0.4) is 0 Å². The molecule has 1 aliphatic heterocycles. The summed E-state index contributed by atoms with van der Waals surface area (Å²) in [6, 6.07) is 0. The third kappa shape index (κ3) is 2.38. The molecule has 1 heterocycles. The number of rotatable bonds is 2. The summed E-state index contributed by atoms with van der Waals surface area (Å²) in [5.74, 6) is -0.138. The largest absolute Gasteiger partial charge is 0.353 e. The summed E-state index contributed by atoms with van der Waals surface area (Å²) in [6.07, 6.45) is 7.04. The highest BCUT2D eigenvalue weighted by molar-refractivity contribution is 5.74. The molecule has 88 valence electrons. The normalized spacial score (nSPS) is 20.2. The second-order valence-corrected chi connectivity index (χ2v) is 5.18. The Labute approximate surface area is 95.4 Å². The van der Waals surface area contributed by atoms with Crippen molar-refractivity contribution in [3.8, 4) is 0 Å². The summed E-state index contributed by atoms with van der Waals surface area (Å²) in [6.45, 7) is 6.12. The van der Waals surface area contributed by atoms with Crippen LogP contribution in [0.2, 0.25) is 0 Å². The molecule has 4 nitrogen and oxygen atoms in total. The van der Waals surface area contributed by atoms with Crippen molar-refractivity contribution in [1.82, 2.24) is 5.23 Å². The third-order valence-corrected chi connectivity index (χ3v) is 2.54. The predicted octanol–water partition coefficient (Wildman–Crippen LogP) is 2.55. The van der Waals surface area contributed by atoms with Crippen LogP contribution in [0.15, 0.2) is 24.1 Å². The molecule has 1 aliphatic carbocycles. The molecule has 0 radical (unpaired) electrons. The van der Waals surface area contributed by atoms with E-state index in [0.29, 0.717) is 0 Å². The van der Waals surface area contributed by atoms with E-state index in [1.54, 1.807) is 6.08 Å². The number of hydrogen-bond donors (Lipinski definition) is 0. The van der Waals surface area contributed by atoms with Crippen LogP contribution >= 0.6 is 0 Å². The molecule has 0 saturated heterocycles. The highest BCUT2D eigenvalue weighted by Crippen LogP contribution is 2.34. The molecule has 0 spiro atoms. The van der Waals surface area contributed by atoms with Crippen molar-refractivity contribution in [2.24, 2.45) is 11.3 Å². The number of allylic oxidation sites excluding steroid dienone is 3. The number of hydrogen-bond acceptors (Lipinski definition) is 4. The third-order valence-electron chi connectivity index (χ3n) is 2.54. The average molecular weight is 223 g/mol. The van der Waals surface area contributed by atoms with E-state index < -0.39 is 0 Å². The van der Waals surface area contributed by atoms with Crippen molar-refractivity contribution in [1.29, 1.82) is 0 Å². The molecular formula is C12H17NO3. The molecule has 0 amide bonds. The van der Waals surface area contributed by atoms with Gasteiger partial charge in [-0.2, -0.15) is 0 Å². The van der Waals surface area contributed by atoms with Crippen LogP contribution in [0.25, 0.3) is 0 Å². The molecule has 0 atom stereocenters. The fourth-order valence-corrected chi connectivity index (χ4v) is 1.41. The Morgan fingerprint density at radius 1 is 1.50 bits per heavy atom. The minimum atomic E-state index is -0.203. The van der Waals surface area contributed by atoms with Crippen molar-refractivity contribution in [3.63, 3.8) is 0 Å². The summed E-state index contributed by atoms with van der Waals surface area (Å²) in [7, 11) is 0. The van der Waals surface area contributed by atoms with Crippen molar-refractivity contribution >= 4 is 5.97 Å². The van der Waals surface area contributed by atoms with E-state index in [1.165, 1.54) is 11.5 Å².